The summed E-state index contributed by atoms with van der Waals surface area (Å²) in [6, 6.07) is -0.207. The Labute approximate surface area is 97.2 Å². The molecule has 0 aromatic carbocycles. The van der Waals surface area contributed by atoms with Crippen molar-refractivity contribution in [3.05, 3.63) is 12.0 Å². The molecule has 3 rings (SSSR count). The van der Waals surface area contributed by atoms with Crippen molar-refractivity contribution in [3.63, 3.8) is 0 Å². The maximum Gasteiger partial charge on any atom is 0.374 e. The summed E-state index contributed by atoms with van der Waals surface area (Å²) in [4.78, 5) is 24.7. The molecular formula is C11H12N2O4. The normalized spacial score (nSPS) is 23.2. The number of rotatable bonds is 2. The van der Waals surface area contributed by atoms with Crippen LogP contribution in [0.4, 0.5) is 11.4 Å². The minimum Gasteiger partial charge on any atom is -0.475 e. The van der Waals surface area contributed by atoms with E-state index in [-0.39, 0.29) is 23.4 Å². The lowest BCUT2D eigenvalue weighted by Gasteiger charge is -2.32. The van der Waals surface area contributed by atoms with Crippen molar-refractivity contribution < 1.29 is 19.1 Å². The molecule has 2 heterocycles. The van der Waals surface area contributed by atoms with Crippen LogP contribution >= 0.6 is 0 Å². The van der Waals surface area contributed by atoms with Gasteiger partial charge in [0.1, 0.15) is 23.7 Å². The van der Waals surface area contributed by atoms with Crippen molar-refractivity contribution in [2.75, 3.05) is 17.3 Å². The number of anilines is 2. The van der Waals surface area contributed by atoms with E-state index < -0.39 is 5.97 Å². The van der Waals surface area contributed by atoms with Crippen LogP contribution in [0.2, 0.25) is 0 Å². The van der Waals surface area contributed by atoms with Crippen molar-refractivity contribution in [1.29, 1.82) is 0 Å². The van der Waals surface area contributed by atoms with Gasteiger partial charge < -0.3 is 19.7 Å². The fourth-order valence-corrected chi connectivity index (χ4v) is 2.35. The lowest BCUT2D eigenvalue weighted by molar-refractivity contribution is -0.118. The summed E-state index contributed by atoms with van der Waals surface area (Å²) in [6.07, 6.45) is 3.47. The van der Waals surface area contributed by atoms with Gasteiger partial charge in [-0.05, 0) is 18.8 Å². The zero-order valence-corrected chi connectivity index (χ0v) is 9.27. The number of aromatic carboxylic acids is 1. The van der Waals surface area contributed by atoms with Gasteiger partial charge in [-0.2, -0.15) is 0 Å². The second-order valence-corrected chi connectivity index (χ2v) is 4.51. The molecule has 0 radical (unpaired) electrons. The van der Waals surface area contributed by atoms with E-state index in [1.54, 1.807) is 7.05 Å². The standard InChI is InChI=1S/C11H12N2O4/c1-13-6-4-17-9(11(15)16)7(6)12-10(14)8(13)5-2-3-5/h4-5,8H,2-3H2,1H3,(H,12,14)(H,15,16). The van der Waals surface area contributed by atoms with Gasteiger partial charge in [0.25, 0.3) is 0 Å². The lowest BCUT2D eigenvalue weighted by atomic mass is 10.1. The number of hydrogen-bond acceptors (Lipinski definition) is 4. The van der Waals surface area contributed by atoms with Crippen LogP contribution in [0.15, 0.2) is 10.7 Å². The molecule has 0 bridgehead atoms. The summed E-state index contributed by atoms with van der Waals surface area (Å²) in [6.45, 7) is 0. The summed E-state index contributed by atoms with van der Waals surface area (Å²) < 4.78 is 4.99. The van der Waals surface area contributed by atoms with E-state index in [1.165, 1.54) is 6.26 Å². The molecule has 6 nitrogen and oxygen atoms in total. The smallest absolute Gasteiger partial charge is 0.374 e. The van der Waals surface area contributed by atoms with Crippen molar-refractivity contribution >= 4 is 23.3 Å². The van der Waals surface area contributed by atoms with E-state index in [1.807, 2.05) is 4.90 Å². The molecule has 90 valence electrons. The Balaban J connectivity index is 2.03. The first-order valence-electron chi connectivity index (χ1n) is 5.48. The molecule has 0 saturated heterocycles. The van der Waals surface area contributed by atoms with Crippen molar-refractivity contribution in [2.24, 2.45) is 5.92 Å². The van der Waals surface area contributed by atoms with E-state index in [0.717, 1.165) is 12.8 Å². The number of nitrogens with zero attached hydrogens (tertiary/aromatic N) is 1. The van der Waals surface area contributed by atoms with Crippen molar-refractivity contribution in [3.8, 4) is 0 Å². The molecule has 0 spiro atoms. The van der Waals surface area contributed by atoms with E-state index in [0.29, 0.717) is 11.6 Å². The monoisotopic (exact) mass is 236 g/mol. The quantitative estimate of drug-likeness (QED) is 0.804. The van der Waals surface area contributed by atoms with Gasteiger partial charge in [0, 0.05) is 7.05 Å². The Morgan fingerprint density at radius 1 is 1.59 bits per heavy atom. The van der Waals surface area contributed by atoms with Crippen LogP contribution in [0.1, 0.15) is 23.4 Å². The van der Waals surface area contributed by atoms with Crippen molar-refractivity contribution in [1.82, 2.24) is 0 Å². The van der Waals surface area contributed by atoms with Gasteiger partial charge in [-0.25, -0.2) is 4.79 Å². The molecule has 2 aliphatic rings. The highest BCUT2D eigenvalue weighted by Gasteiger charge is 2.44. The van der Waals surface area contributed by atoms with Gasteiger partial charge in [-0.15, -0.1) is 0 Å². The third-order valence-electron chi connectivity index (χ3n) is 3.35. The molecule has 1 aromatic heterocycles. The third-order valence-corrected chi connectivity index (χ3v) is 3.35. The third kappa shape index (κ3) is 1.40. The topological polar surface area (TPSA) is 82.8 Å². The molecule has 17 heavy (non-hydrogen) atoms. The molecule has 1 atom stereocenters. The number of amides is 1. The number of fused-ring (bicyclic) bond motifs is 1. The van der Waals surface area contributed by atoms with E-state index >= 15 is 0 Å². The van der Waals surface area contributed by atoms with Crippen LogP contribution in [-0.4, -0.2) is 30.1 Å². The molecule has 2 N–H and O–H groups in total. The van der Waals surface area contributed by atoms with E-state index in [2.05, 4.69) is 5.32 Å². The Morgan fingerprint density at radius 2 is 2.29 bits per heavy atom. The number of furan rings is 1. The maximum absolute atomic E-state index is 11.9. The summed E-state index contributed by atoms with van der Waals surface area (Å²) in [7, 11) is 1.79. The highest BCUT2D eigenvalue weighted by molar-refractivity contribution is 6.08. The minimum absolute atomic E-state index is 0.147. The van der Waals surface area contributed by atoms with Gasteiger partial charge >= 0.3 is 5.97 Å². The fraction of sp³-hybridized carbons (Fsp3) is 0.455. The molecule has 1 aliphatic carbocycles. The zero-order chi connectivity index (χ0) is 12.2. The number of carboxylic acids is 1. The number of nitrogens with one attached hydrogen (secondary N) is 1. The van der Waals surface area contributed by atoms with Crippen LogP contribution < -0.4 is 10.2 Å². The Morgan fingerprint density at radius 3 is 2.88 bits per heavy atom. The van der Waals surface area contributed by atoms with Crippen LogP contribution in [0.25, 0.3) is 0 Å². The highest BCUT2D eigenvalue weighted by Crippen LogP contribution is 2.43. The molecule has 1 fully saturated rings. The van der Waals surface area contributed by atoms with Crippen molar-refractivity contribution in [2.45, 2.75) is 18.9 Å². The van der Waals surface area contributed by atoms with Gasteiger partial charge in [0.15, 0.2) is 0 Å². The maximum atomic E-state index is 11.9. The second-order valence-electron chi connectivity index (χ2n) is 4.51. The van der Waals surface area contributed by atoms with Crippen LogP contribution in [0.3, 0.4) is 0 Å². The first kappa shape index (κ1) is 10.2. The summed E-state index contributed by atoms with van der Waals surface area (Å²) >= 11 is 0. The molecule has 1 aliphatic heterocycles. The zero-order valence-electron chi connectivity index (χ0n) is 9.27. The fourth-order valence-electron chi connectivity index (χ4n) is 2.35. The summed E-state index contributed by atoms with van der Waals surface area (Å²) in [5.41, 5.74) is 0.904. The first-order valence-corrected chi connectivity index (χ1v) is 5.48. The Bertz CT molecular complexity index is 504. The SMILES string of the molecule is CN1c2coc(C(=O)O)c2NC(=O)C1C1CC1. The van der Waals surface area contributed by atoms with Gasteiger partial charge in [0.05, 0.1) is 0 Å². The Kier molecular flexibility index (Phi) is 1.95. The van der Waals surface area contributed by atoms with E-state index in [9.17, 15) is 9.59 Å². The number of likely N-dealkylation sites (N-methyl/N-ethyl adjacent to an activating group) is 1. The number of hydrogen-bond donors (Lipinski definition) is 2. The number of carbonyl (C=O) groups excluding carboxylic acids is 1. The van der Waals surface area contributed by atoms with Crippen LogP contribution in [0.5, 0.6) is 0 Å². The average Bonchev–Trinajstić information content (AvgIpc) is 2.97. The number of carbonyl (C=O) groups is 2. The molecule has 1 amide bonds. The van der Waals surface area contributed by atoms with Gasteiger partial charge in [0.2, 0.25) is 11.7 Å². The van der Waals surface area contributed by atoms with E-state index in [4.69, 9.17) is 9.52 Å². The average molecular weight is 236 g/mol. The molecule has 1 saturated carbocycles. The second kappa shape index (κ2) is 3.26. The molecule has 6 heteroatoms. The lowest BCUT2D eigenvalue weighted by Crippen LogP contribution is -2.47. The van der Waals surface area contributed by atoms with Crippen LogP contribution in [-0.2, 0) is 4.79 Å². The summed E-state index contributed by atoms with van der Waals surface area (Å²) in [5, 5.41) is 11.6. The molecular weight excluding hydrogens is 224 g/mol. The predicted molar refractivity (Wildman–Crippen MR) is 59.2 cm³/mol. The van der Waals surface area contributed by atoms with Gasteiger partial charge in [-0.1, -0.05) is 0 Å². The Hall–Kier alpha value is -1.98. The molecule has 1 unspecified atom stereocenters. The minimum atomic E-state index is -1.18. The van der Waals surface area contributed by atoms with Crippen LogP contribution in [0, 0.1) is 5.92 Å². The summed E-state index contributed by atoms with van der Waals surface area (Å²) in [5.74, 6) is -1.16. The number of carboxylic acid groups (broad SMARTS) is 1. The molecule has 1 aromatic rings. The predicted octanol–water partition coefficient (Wildman–Crippen LogP) is 1.14. The van der Waals surface area contributed by atoms with Gasteiger partial charge in [-0.3, -0.25) is 4.79 Å². The largest absolute Gasteiger partial charge is 0.475 e. The first-order chi connectivity index (χ1) is 8.09. The highest BCUT2D eigenvalue weighted by atomic mass is 16.4.